The van der Waals surface area contributed by atoms with E-state index in [0.29, 0.717) is 5.92 Å². The third-order valence-corrected chi connectivity index (χ3v) is 6.09. The lowest BCUT2D eigenvalue weighted by Crippen LogP contribution is -2.50. The largest absolute Gasteiger partial charge is 0.455 e. The van der Waals surface area contributed by atoms with E-state index in [0.717, 1.165) is 48.1 Å². The Morgan fingerprint density at radius 1 is 1.14 bits per heavy atom. The number of aryl methyl sites for hydroxylation is 1. The topological polar surface area (TPSA) is 50.6 Å². The van der Waals surface area contributed by atoms with E-state index in [2.05, 4.69) is 40.0 Å². The third-order valence-electron chi connectivity index (χ3n) is 6.09. The molecule has 2 aliphatic heterocycles. The van der Waals surface area contributed by atoms with Crippen molar-refractivity contribution >= 4 is 5.71 Å². The summed E-state index contributed by atoms with van der Waals surface area (Å²) < 4.78 is 6.23. The van der Waals surface area contributed by atoms with Crippen molar-refractivity contribution in [2.75, 3.05) is 6.54 Å². The number of aromatic nitrogens is 2. The van der Waals surface area contributed by atoms with Gasteiger partial charge in [0.05, 0.1) is 35.3 Å². The Morgan fingerprint density at radius 2 is 2.00 bits per heavy atom. The van der Waals surface area contributed by atoms with Crippen molar-refractivity contribution in [3.8, 4) is 5.75 Å². The van der Waals surface area contributed by atoms with Crippen LogP contribution in [0.25, 0.3) is 0 Å². The van der Waals surface area contributed by atoms with Crippen molar-refractivity contribution in [3.05, 3.63) is 90.0 Å². The Kier molecular flexibility index (Phi) is 4.31. The molecule has 2 aromatic rings. The summed E-state index contributed by atoms with van der Waals surface area (Å²) in [6.07, 6.45) is 13.2. The second kappa shape index (κ2) is 6.99. The highest BCUT2D eigenvalue weighted by molar-refractivity contribution is 6.09. The van der Waals surface area contributed by atoms with Gasteiger partial charge in [-0.15, -0.1) is 0 Å². The molecule has 146 valence electrons. The molecule has 1 aliphatic carbocycles. The van der Waals surface area contributed by atoms with Crippen LogP contribution < -0.4 is 4.74 Å². The maximum absolute atomic E-state index is 6.23. The summed E-state index contributed by atoms with van der Waals surface area (Å²) in [4.78, 5) is 16.2. The second-order valence-corrected chi connectivity index (χ2v) is 7.92. The summed E-state index contributed by atoms with van der Waals surface area (Å²) in [5.41, 5.74) is 3.96. The van der Waals surface area contributed by atoms with E-state index in [-0.39, 0.29) is 5.41 Å². The number of para-hydroxylation sites is 1. The highest BCUT2D eigenvalue weighted by Gasteiger charge is 2.51. The normalized spacial score (nSPS) is 25.0. The molecular formula is C24H24N4O. The van der Waals surface area contributed by atoms with Crippen molar-refractivity contribution in [1.29, 1.82) is 0 Å². The maximum Gasteiger partial charge on any atom is 0.150 e. The molecular weight excluding hydrogens is 360 g/mol. The first-order valence-electron chi connectivity index (χ1n) is 10.1. The van der Waals surface area contributed by atoms with E-state index in [1.165, 1.54) is 5.70 Å². The average molecular weight is 384 g/mol. The van der Waals surface area contributed by atoms with Crippen LogP contribution in [0, 0.1) is 18.3 Å². The van der Waals surface area contributed by atoms with E-state index in [1.807, 2.05) is 55.8 Å². The summed E-state index contributed by atoms with van der Waals surface area (Å²) in [6.45, 7) is 6.02. The van der Waals surface area contributed by atoms with Crippen LogP contribution in [0.4, 0.5) is 0 Å². The third kappa shape index (κ3) is 2.97. The quantitative estimate of drug-likeness (QED) is 0.782. The monoisotopic (exact) mass is 384 g/mol. The summed E-state index contributed by atoms with van der Waals surface area (Å²) >= 11 is 0. The number of nitrogens with zero attached hydrogens (tertiary/aromatic N) is 4. The predicted molar refractivity (Wildman–Crippen MR) is 113 cm³/mol. The molecule has 1 spiro atoms. The van der Waals surface area contributed by atoms with Gasteiger partial charge in [-0.1, -0.05) is 25.1 Å². The molecule has 0 radical (unpaired) electrons. The Labute approximate surface area is 171 Å². The Morgan fingerprint density at radius 3 is 2.79 bits per heavy atom. The molecule has 3 heterocycles. The number of likely N-dealkylation sites (tertiary alicyclic amines) is 1. The average Bonchev–Trinajstić information content (AvgIpc) is 3.19. The van der Waals surface area contributed by atoms with Gasteiger partial charge in [0, 0.05) is 24.6 Å². The number of hydrogen-bond acceptors (Lipinski definition) is 5. The Balaban J connectivity index is 1.51. The van der Waals surface area contributed by atoms with Crippen LogP contribution in [0.5, 0.6) is 5.75 Å². The number of ether oxygens (including phenoxy) is 1. The van der Waals surface area contributed by atoms with Crippen molar-refractivity contribution < 1.29 is 4.74 Å². The number of benzene rings is 1. The zero-order valence-electron chi connectivity index (χ0n) is 16.7. The number of allylic oxidation sites excluding steroid dienone is 4. The molecule has 5 heteroatoms. The molecule has 2 unspecified atom stereocenters. The number of rotatable bonds is 4. The van der Waals surface area contributed by atoms with E-state index in [9.17, 15) is 0 Å². The van der Waals surface area contributed by atoms with Gasteiger partial charge in [-0.2, -0.15) is 0 Å². The van der Waals surface area contributed by atoms with Crippen LogP contribution in [-0.4, -0.2) is 27.1 Å². The molecule has 1 aromatic carbocycles. The lowest BCUT2D eigenvalue weighted by Gasteiger charge is -2.49. The van der Waals surface area contributed by atoms with Crippen LogP contribution >= 0.6 is 0 Å². The minimum absolute atomic E-state index is 0.241. The van der Waals surface area contributed by atoms with E-state index in [4.69, 9.17) is 9.73 Å². The minimum atomic E-state index is -0.241. The molecule has 1 saturated heterocycles. The van der Waals surface area contributed by atoms with Crippen molar-refractivity contribution in [3.63, 3.8) is 0 Å². The fourth-order valence-electron chi connectivity index (χ4n) is 4.53. The molecule has 0 amide bonds. The van der Waals surface area contributed by atoms with Crippen LogP contribution in [0.1, 0.15) is 24.7 Å². The summed E-state index contributed by atoms with van der Waals surface area (Å²) in [5.74, 6) is 2.10. The van der Waals surface area contributed by atoms with Gasteiger partial charge in [0.25, 0.3) is 0 Å². The Bertz CT molecular complexity index is 1040. The first kappa shape index (κ1) is 17.9. The van der Waals surface area contributed by atoms with Crippen LogP contribution in [0.3, 0.4) is 0 Å². The summed E-state index contributed by atoms with van der Waals surface area (Å²) in [7, 11) is 0. The SMILES string of the molecule is Cc1cnc(CN2CCC(C)C34C=CN=C3C(Oc3ccccc3)=CC=C24)cn1. The molecule has 1 aromatic heterocycles. The van der Waals surface area contributed by atoms with Crippen molar-refractivity contribution in [1.82, 2.24) is 14.9 Å². The fraction of sp³-hybridized carbons (Fsp3) is 0.292. The molecule has 5 nitrogen and oxygen atoms in total. The standard InChI is InChI=1S/C24H24N4O/c1-17-10-13-28(16-19-15-26-18(2)14-27-19)22-9-8-21(23-24(17,22)11-12-25-23)29-20-6-4-3-5-7-20/h3-9,11-12,14-15,17H,10,13,16H2,1-2H3. The minimum Gasteiger partial charge on any atom is -0.455 e. The zero-order chi connectivity index (χ0) is 19.8. The van der Waals surface area contributed by atoms with E-state index in [1.54, 1.807) is 0 Å². The smallest absolute Gasteiger partial charge is 0.150 e. The molecule has 1 fully saturated rings. The lowest BCUT2D eigenvalue weighted by molar-refractivity contribution is 0.172. The highest BCUT2D eigenvalue weighted by atomic mass is 16.5. The second-order valence-electron chi connectivity index (χ2n) is 7.92. The van der Waals surface area contributed by atoms with Gasteiger partial charge < -0.3 is 9.64 Å². The van der Waals surface area contributed by atoms with E-state index >= 15 is 0 Å². The first-order chi connectivity index (χ1) is 14.2. The number of piperidine rings is 1. The van der Waals surface area contributed by atoms with Crippen molar-refractivity contribution in [2.45, 2.75) is 26.8 Å². The summed E-state index contributed by atoms with van der Waals surface area (Å²) in [5, 5.41) is 0. The molecule has 3 aliphatic rings. The van der Waals surface area contributed by atoms with Crippen LogP contribution in [-0.2, 0) is 6.54 Å². The van der Waals surface area contributed by atoms with Gasteiger partial charge in [-0.05, 0) is 49.6 Å². The highest BCUT2D eigenvalue weighted by Crippen LogP contribution is 2.51. The number of hydrogen-bond donors (Lipinski definition) is 0. The molecule has 5 rings (SSSR count). The van der Waals surface area contributed by atoms with Crippen molar-refractivity contribution in [2.24, 2.45) is 16.3 Å². The maximum atomic E-state index is 6.23. The summed E-state index contributed by atoms with van der Waals surface area (Å²) in [6, 6.07) is 9.91. The predicted octanol–water partition coefficient (Wildman–Crippen LogP) is 4.44. The Hall–Kier alpha value is -3.21. The lowest BCUT2D eigenvalue weighted by atomic mass is 9.64. The van der Waals surface area contributed by atoms with E-state index < -0.39 is 0 Å². The van der Waals surface area contributed by atoms with Gasteiger partial charge in [0.1, 0.15) is 11.5 Å². The number of aliphatic imine (C=N–C) groups is 1. The molecule has 0 saturated carbocycles. The van der Waals surface area contributed by atoms with Gasteiger partial charge in [-0.25, -0.2) is 0 Å². The van der Waals surface area contributed by atoms with Crippen LogP contribution in [0.2, 0.25) is 0 Å². The molecule has 0 N–H and O–H groups in total. The molecule has 0 bridgehead atoms. The molecule has 29 heavy (non-hydrogen) atoms. The first-order valence-corrected chi connectivity index (χ1v) is 10.1. The van der Waals surface area contributed by atoms with Gasteiger partial charge in [0.15, 0.2) is 0 Å². The fourth-order valence-corrected chi connectivity index (χ4v) is 4.53. The van der Waals surface area contributed by atoms with Gasteiger partial charge in [-0.3, -0.25) is 15.0 Å². The zero-order valence-corrected chi connectivity index (χ0v) is 16.7. The molecule has 2 atom stereocenters. The van der Waals surface area contributed by atoms with Gasteiger partial charge in [0.2, 0.25) is 0 Å². The van der Waals surface area contributed by atoms with Crippen LogP contribution in [0.15, 0.2) is 83.6 Å². The van der Waals surface area contributed by atoms with Gasteiger partial charge >= 0.3 is 0 Å².